The van der Waals surface area contributed by atoms with Crippen molar-refractivity contribution in [3.05, 3.63) is 88.2 Å². The number of aliphatic hydroxyl groups is 1. The molecule has 1 heterocycles. The maximum Gasteiger partial charge on any atom is 0.300 e. The topological polar surface area (TPSA) is 85.3 Å². The molecule has 0 spiro atoms. The van der Waals surface area contributed by atoms with Gasteiger partial charge in [-0.25, -0.2) is 4.39 Å². The minimum absolute atomic E-state index is 0.140. The van der Waals surface area contributed by atoms with Crippen LogP contribution in [0.4, 0.5) is 10.1 Å². The van der Waals surface area contributed by atoms with E-state index in [1.165, 1.54) is 51.7 Å². The summed E-state index contributed by atoms with van der Waals surface area (Å²) in [7, 11) is 4.30. The third kappa shape index (κ3) is 4.28. The molecule has 180 valence electrons. The number of carbonyl (C=O) groups excluding carboxylic acids is 2. The maximum atomic E-state index is 14.1. The van der Waals surface area contributed by atoms with E-state index >= 15 is 0 Å². The molecule has 3 aromatic carbocycles. The number of nitrogens with zero attached hydrogens (tertiary/aromatic N) is 1. The number of rotatable bonds is 6. The molecular weight excluding hydrogens is 477 g/mol. The minimum Gasteiger partial charge on any atom is -0.507 e. The van der Waals surface area contributed by atoms with Crippen LogP contribution in [0.2, 0.25) is 5.02 Å². The van der Waals surface area contributed by atoms with Crippen molar-refractivity contribution in [3.8, 4) is 17.2 Å². The third-order valence-corrected chi connectivity index (χ3v) is 5.90. The molecule has 1 saturated heterocycles. The second kappa shape index (κ2) is 9.68. The molecule has 9 heteroatoms. The zero-order valence-corrected chi connectivity index (χ0v) is 19.8. The maximum absolute atomic E-state index is 14.1. The molecule has 0 aliphatic carbocycles. The number of halogens is 2. The lowest BCUT2D eigenvalue weighted by Crippen LogP contribution is -2.29. The molecule has 0 saturated carbocycles. The number of ketones is 1. The molecule has 1 N–H and O–H groups in total. The first-order chi connectivity index (χ1) is 16.8. The fourth-order valence-corrected chi connectivity index (χ4v) is 4.19. The van der Waals surface area contributed by atoms with Crippen molar-refractivity contribution in [3.63, 3.8) is 0 Å². The summed E-state index contributed by atoms with van der Waals surface area (Å²) in [5, 5.41) is 11.6. The van der Waals surface area contributed by atoms with E-state index in [1.807, 2.05) is 0 Å². The standard InChI is InChI=1S/C26H21ClFNO6/c1-33-19-11-15(12-20(34-2)25(19)35-3)22-21(23(30)14-7-9-16(27)10-8-14)24(31)26(32)29(22)18-6-4-5-17(28)13-18/h4-13,22,30H,1-3H3/b23-21+. The lowest BCUT2D eigenvalue weighted by Gasteiger charge is -2.26. The van der Waals surface area contributed by atoms with E-state index in [0.29, 0.717) is 16.3 Å². The highest BCUT2D eigenvalue weighted by Crippen LogP contribution is 2.47. The van der Waals surface area contributed by atoms with Crippen LogP contribution < -0.4 is 19.1 Å². The molecule has 1 amide bonds. The zero-order chi connectivity index (χ0) is 25.3. The number of methoxy groups -OCH3 is 3. The number of benzene rings is 3. The number of hydrogen-bond donors (Lipinski definition) is 1. The van der Waals surface area contributed by atoms with Crippen molar-refractivity contribution >= 4 is 34.7 Å². The normalized spacial score (nSPS) is 16.9. The SMILES string of the molecule is COc1cc(C2/C(=C(\O)c3ccc(Cl)cc3)C(=O)C(=O)N2c2cccc(F)c2)cc(OC)c1OC. The lowest BCUT2D eigenvalue weighted by molar-refractivity contribution is -0.132. The number of aliphatic hydroxyl groups excluding tert-OH is 1. The molecular formula is C26H21ClFNO6. The molecule has 3 aromatic rings. The summed E-state index contributed by atoms with van der Waals surface area (Å²) in [6.45, 7) is 0. The van der Waals surface area contributed by atoms with Crippen LogP contribution in [0.15, 0.2) is 66.2 Å². The molecule has 4 rings (SSSR count). The van der Waals surface area contributed by atoms with Crippen molar-refractivity contribution in [1.29, 1.82) is 0 Å². The second-order valence-corrected chi connectivity index (χ2v) is 8.05. The summed E-state index contributed by atoms with van der Waals surface area (Å²) in [5.74, 6) is -2.00. The summed E-state index contributed by atoms with van der Waals surface area (Å²) in [4.78, 5) is 27.6. The van der Waals surface area contributed by atoms with E-state index in [-0.39, 0.29) is 28.3 Å². The number of ether oxygens (including phenoxy) is 3. The number of hydrogen-bond acceptors (Lipinski definition) is 6. The van der Waals surface area contributed by atoms with E-state index in [1.54, 1.807) is 24.3 Å². The van der Waals surface area contributed by atoms with Crippen molar-refractivity contribution < 1.29 is 33.3 Å². The number of anilines is 1. The second-order valence-electron chi connectivity index (χ2n) is 7.61. The van der Waals surface area contributed by atoms with Gasteiger partial charge in [-0.3, -0.25) is 14.5 Å². The Morgan fingerprint density at radius 2 is 1.57 bits per heavy atom. The molecule has 0 radical (unpaired) electrons. The van der Waals surface area contributed by atoms with Crippen LogP contribution in [0.5, 0.6) is 17.2 Å². The molecule has 35 heavy (non-hydrogen) atoms. The monoisotopic (exact) mass is 497 g/mol. The molecule has 1 aliphatic heterocycles. The highest BCUT2D eigenvalue weighted by atomic mass is 35.5. The van der Waals surface area contributed by atoms with Crippen LogP contribution in [0.25, 0.3) is 5.76 Å². The van der Waals surface area contributed by atoms with Gasteiger partial charge < -0.3 is 19.3 Å². The molecule has 1 atom stereocenters. The Morgan fingerprint density at radius 3 is 2.11 bits per heavy atom. The Balaban J connectivity index is 2.02. The van der Waals surface area contributed by atoms with E-state index in [0.717, 1.165) is 11.0 Å². The number of Topliss-reactive ketones (excluding diaryl/α,β-unsaturated/α-hetero) is 1. The van der Waals surface area contributed by atoms with Crippen LogP contribution in [-0.4, -0.2) is 38.1 Å². The van der Waals surface area contributed by atoms with Gasteiger partial charge in [-0.05, 0) is 60.2 Å². The highest BCUT2D eigenvalue weighted by molar-refractivity contribution is 6.51. The van der Waals surface area contributed by atoms with Gasteiger partial charge in [0, 0.05) is 16.3 Å². The van der Waals surface area contributed by atoms with Crippen LogP contribution >= 0.6 is 11.6 Å². The Morgan fingerprint density at radius 1 is 0.943 bits per heavy atom. The average molecular weight is 498 g/mol. The van der Waals surface area contributed by atoms with Crippen molar-refractivity contribution in [2.45, 2.75) is 6.04 Å². The molecule has 1 unspecified atom stereocenters. The summed E-state index contributed by atoms with van der Waals surface area (Å²) >= 11 is 5.96. The van der Waals surface area contributed by atoms with Gasteiger partial charge in [0.1, 0.15) is 11.6 Å². The van der Waals surface area contributed by atoms with Gasteiger partial charge in [-0.1, -0.05) is 17.7 Å². The minimum atomic E-state index is -1.12. The molecule has 0 bridgehead atoms. The number of carbonyl (C=O) groups is 2. The van der Waals surface area contributed by atoms with E-state index in [9.17, 15) is 19.1 Å². The van der Waals surface area contributed by atoms with Crippen LogP contribution in [0, 0.1) is 5.82 Å². The van der Waals surface area contributed by atoms with Gasteiger partial charge in [0.2, 0.25) is 5.75 Å². The van der Waals surface area contributed by atoms with Crippen LogP contribution in [0.1, 0.15) is 17.2 Å². The summed E-state index contributed by atoms with van der Waals surface area (Å²) < 4.78 is 30.4. The van der Waals surface area contributed by atoms with Crippen molar-refractivity contribution in [2.75, 3.05) is 26.2 Å². The first-order valence-corrected chi connectivity index (χ1v) is 10.8. The smallest absolute Gasteiger partial charge is 0.300 e. The first kappa shape index (κ1) is 24.1. The molecule has 7 nitrogen and oxygen atoms in total. The fraction of sp³-hybridized carbons (Fsp3) is 0.154. The van der Waals surface area contributed by atoms with E-state index < -0.39 is 29.3 Å². The van der Waals surface area contributed by atoms with Gasteiger partial charge >= 0.3 is 0 Å². The van der Waals surface area contributed by atoms with Gasteiger partial charge in [0.05, 0.1) is 32.9 Å². The van der Waals surface area contributed by atoms with E-state index in [4.69, 9.17) is 25.8 Å². The van der Waals surface area contributed by atoms with Gasteiger partial charge in [-0.15, -0.1) is 0 Å². The molecule has 1 aliphatic rings. The zero-order valence-electron chi connectivity index (χ0n) is 19.0. The van der Waals surface area contributed by atoms with Crippen LogP contribution in [-0.2, 0) is 9.59 Å². The largest absolute Gasteiger partial charge is 0.507 e. The predicted molar refractivity (Wildman–Crippen MR) is 129 cm³/mol. The highest BCUT2D eigenvalue weighted by Gasteiger charge is 2.47. The molecule has 1 fully saturated rings. The average Bonchev–Trinajstić information content (AvgIpc) is 3.13. The van der Waals surface area contributed by atoms with Gasteiger partial charge in [0.25, 0.3) is 11.7 Å². The summed E-state index contributed by atoms with van der Waals surface area (Å²) in [6.07, 6.45) is 0. The Kier molecular flexibility index (Phi) is 6.66. The van der Waals surface area contributed by atoms with Crippen LogP contribution in [0.3, 0.4) is 0 Å². The Bertz CT molecular complexity index is 1310. The predicted octanol–water partition coefficient (Wildman–Crippen LogP) is 5.13. The van der Waals surface area contributed by atoms with E-state index in [2.05, 4.69) is 0 Å². The quantitative estimate of drug-likeness (QED) is 0.289. The van der Waals surface area contributed by atoms with Gasteiger partial charge in [0.15, 0.2) is 11.5 Å². The Hall–Kier alpha value is -4.04. The van der Waals surface area contributed by atoms with Crippen molar-refractivity contribution in [1.82, 2.24) is 0 Å². The molecule has 0 aromatic heterocycles. The van der Waals surface area contributed by atoms with Gasteiger partial charge in [-0.2, -0.15) is 0 Å². The summed E-state index contributed by atoms with van der Waals surface area (Å²) in [6, 6.07) is 13.5. The summed E-state index contributed by atoms with van der Waals surface area (Å²) in [5.41, 5.74) is 0.611. The number of amides is 1. The third-order valence-electron chi connectivity index (χ3n) is 5.65. The first-order valence-electron chi connectivity index (χ1n) is 10.4. The lowest BCUT2D eigenvalue weighted by atomic mass is 9.94. The fourth-order valence-electron chi connectivity index (χ4n) is 4.06. The van der Waals surface area contributed by atoms with Crippen molar-refractivity contribution in [2.24, 2.45) is 0 Å². The Labute approximate surface area is 205 Å².